The van der Waals surface area contributed by atoms with Crippen molar-refractivity contribution in [2.45, 2.75) is 37.1 Å². The molecule has 0 atom stereocenters. The maximum Gasteiger partial charge on any atom is 0.348 e. The molecule has 0 radical (unpaired) electrons. The molecule has 0 saturated carbocycles. The number of nitrogens with one attached hydrogen (secondary N) is 1. The van der Waals surface area contributed by atoms with Gasteiger partial charge in [0.05, 0.1) is 11.4 Å². The number of esters is 1. The second-order valence-electron chi connectivity index (χ2n) is 5.41. The highest BCUT2D eigenvalue weighted by Crippen LogP contribution is 2.32. The Bertz CT molecular complexity index is 646. The van der Waals surface area contributed by atoms with Gasteiger partial charge in [-0.1, -0.05) is 44.1 Å². The zero-order valence-corrected chi connectivity index (χ0v) is 14.6. The fraction of sp³-hybridized carbons (Fsp3) is 0.462. The average Bonchev–Trinajstić information content (AvgIpc) is 3.01. The van der Waals surface area contributed by atoms with Crippen molar-refractivity contribution in [2.75, 3.05) is 7.11 Å². The van der Waals surface area contributed by atoms with Gasteiger partial charge >= 0.3 is 5.97 Å². The van der Waals surface area contributed by atoms with E-state index in [1.54, 1.807) is 6.07 Å². The molecule has 2 aromatic heterocycles. The van der Waals surface area contributed by atoms with Gasteiger partial charge in [-0.2, -0.15) is 0 Å². The smallest absolute Gasteiger partial charge is 0.348 e. The van der Waals surface area contributed by atoms with E-state index in [4.69, 9.17) is 11.6 Å². The van der Waals surface area contributed by atoms with Crippen LogP contribution in [0.3, 0.4) is 0 Å². The number of carbonyl (C=O) groups excluding carboxylic acids is 1. The van der Waals surface area contributed by atoms with Gasteiger partial charge in [0.1, 0.15) is 10.7 Å². The van der Waals surface area contributed by atoms with Crippen LogP contribution in [0.2, 0.25) is 4.34 Å². The van der Waals surface area contributed by atoms with Crippen LogP contribution in [0.25, 0.3) is 0 Å². The molecular formula is C13H16ClN3O2S2. The minimum absolute atomic E-state index is 0.0656. The van der Waals surface area contributed by atoms with E-state index in [-0.39, 0.29) is 11.4 Å². The van der Waals surface area contributed by atoms with Crippen LogP contribution in [-0.4, -0.2) is 28.3 Å². The summed E-state index contributed by atoms with van der Waals surface area (Å²) in [6.45, 7) is 6.21. The lowest BCUT2D eigenvalue weighted by molar-refractivity contribution is 0.0606. The molecule has 0 aliphatic carbocycles. The number of methoxy groups -OCH3 is 1. The lowest BCUT2D eigenvalue weighted by Gasteiger charge is -2.12. The topological polar surface area (TPSA) is 67.9 Å². The molecule has 2 rings (SSSR count). The first-order valence-electron chi connectivity index (χ1n) is 6.23. The van der Waals surface area contributed by atoms with Gasteiger partial charge in [0.15, 0.2) is 0 Å². The third-order valence-electron chi connectivity index (χ3n) is 2.68. The molecule has 0 unspecified atom stereocenters. The highest BCUT2D eigenvalue weighted by molar-refractivity contribution is 7.98. The molecule has 21 heavy (non-hydrogen) atoms. The summed E-state index contributed by atoms with van der Waals surface area (Å²) in [4.78, 5) is 16.4. The van der Waals surface area contributed by atoms with Crippen molar-refractivity contribution in [3.63, 3.8) is 0 Å². The number of H-pyrrole nitrogens is 1. The number of hydrogen-bond donors (Lipinski definition) is 1. The summed E-state index contributed by atoms with van der Waals surface area (Å²) in [7, 11) is 1.35. The van der Waals surface area contributed by atoms with Gasteiger partial charge in [0.25, 0.3) is 0 Å². The number of ether oxygens (including phenoxy) is 1. The summed E-state index contributed by atoms with van der Waals surface area (Å²) >= 11 is 8.83. The highest BCUT2D eigenvalue weighted by atomic mass is 35.5. The van der Waals surface area contributed by atoms with E-state index in [9.17, 15) is 4.79 Å². The van der Waals surface area contributed by atoms with E-state index >= 15 is 0 Å². The molecule has 0 aliphatic heterocycles. The number of thioether (sulfide) groups is 1. The molecule has 0 amide bonds. The summed E-state index contributed by atoms with van der Waals surface area (Å²) in [5, 5.41) is 7.79. The molecule has 2 heterocycles. The summed E-state index contributed by atoms with van der Waals surface area (Å²) in [5.74, 6) is 1.08. The Morgan fingerprint density at radius 3 is 2.81 bits per heavy atom. The van der Waals surface area contributed by atoms with E-state index < -0.39 is 0 Å². The molecule has 8 heteroatoms. The van der Waals surface area contributed by atoms with Crippen molar-refractivity contribution in [3.8, 4) is 0 Å². The molecule has 114 valence electrons. The van der Waals surface area contributed by atoms with E-state index in [1.165, 1.54) is 30.2 Å². The Morgan fingerprint density at radius 1 is 1.52 bits per heavy atom. The summed E-state index contributed by atoms with van der Waals surface area (Å²) in [6.07, 6.45) is 0. The maximum absolute atomic E-state index is 11.5. The lowest BCUT2D eigenvalue weighted by atomic mass is 9.96. The SMILES string of the molecule is COC(=O)c1cc(CSc2n[nH]c(C(C)(C)C)n2)c(Cl)s1. The molecule has 1 N–H and O–H groups in total. The van der Waals surface area contributed by atoms with Crippen LogP contribution >= 0.6 is 34.7 Å². The van der Waals surface area contributed by atoms with Gasteiger partial charge in [0.2, 0.25) is 5.16 Å². The quantitative estimate of drug-likeness (QED) is 0.672. The Labute approximate surface area is 136 Å². The molecular weight excluding hydrogens is 330 g/mol. The van der Waals surface area contributed by atoms with Gasteiger partial charge in [-0.3, -0.25) is 5.10 Å². The van der Waals surface area contributed by atoms with Crippen LogP contribution in [0.5, 0.6) is 0 Å². The second kappa shape index (κ2) is 6.37. The molecule has 0 fully saturated rings. The molecule has 0 bridgehead atoms. The predicted molar refractivity (Wildman–Crippen MR) is 85.3 cm³/mol. The lowest BCUT2D eigenvalue weighted by Crippen LogP contribution is -2.13. The van der Waals surface area contributed by atoms with Crippen molar-refractivity contribution in [2.24, 2.45) is 0 Å². The van der Waals surface area contributed by atoms with Crippen LogP contribution < -0.4 is 0 Å². The van der Waals surface area contributed by atoms with Crippen LogP contribution in [-0.2, 0) is 15.9 Å². The number of thiophene rings is 1. The van der Waals surface area contributed by atoms with Gasteiger partial charge < -0.3 is 4.74 Å². The van der Waals surface area contributed by atoms with Crippen LogP contribution in [0, 0.1) is 0 Å². The number of halogens is 1. The number of aromatic nitrogens is 3. The molecule has 0 spiro atoms. The van der Waals surface area contributed by atoms with E-state index in [1.807, 2.05) is 0 Å². The standard InChI is InChI=1S/C13H16ClN3O2S2/c1-13(2,3)11-15-12(17-16-11)20-6-7-5-8(10(18)19-4)21-9(7)14/h5H,6H2,1-4H3,(H,15,16,17). The van der Waals surface area contributed by atoms with E-state index in [0.29, 0.717) is 20.1 Å². The summed E-state index contributed by atoms with van der Waals surface area (Å²) < 4.78 is 5.28. The van der Waals surface area contributed by atoms with E-state index in [2.05, 4.69) is 40.7 Å². The minimum atomic E-state index is -0.369. The van der Waals surface area contributed by atoms with Crippen molar-refractivity contribution in [3.05, 3.63) is 26.7 Å². The predicted octanol–water partition coefficient (Wildman–Crippen LogP) is 3.90. The Balaban J connectivity index is 2.05. The van der Waals surface area contributed by atoms with Gasteiger partial charge in [-0.05, 0) is 11.6 Å². The van der Waals surface area contributed by atoms with E-state index in [0.717, 1.165) is 11.4 Å². The fourth-order valence-electron chi connectivity index (χ4n) is 1.49. The van der Waals surface area contributed by atoms with Crippen molar-refractivity contribution in [1.29, 1.82) is 0 Å². The third-order valence-corrected chi connectivity index (χ3v) is 4.99. The Kier molecular flexibility index (Phi) is 4.95. The second-order valence-corrected chi connectivity index (χ2v) is 8.00. The number of rotatable bonds is 4. The van der Waals surface area contributed by atoms with Crippen LogP contribution in [0.1, 0.15) is 41.8 Å². The fourth-order valence-corrected chi connectivity index (χ4v) is 3.64. The largest absolute Gasteiger partial charge is 0.465 e. The number of aromatic amines is 1. The van der Waals surface area contributed by atoms with Crippen molar-refractivity contribution < 1.29 is 9.53 Å². The van der Waals surface area contributed by atoms with Crippen molar-refractivity contribution in [1.82, 2.24) is 15.2 Å². The number of hydrogen-bond acceptors (Lipinski definition) is 6. The molecule has 0 aromatic carbocycles. The Morgan fingerprint density at radius 2 is 2.24 bits per heavy atom. The average molecular weight is 346 g/mol. The van der Waals surface area contributed by atoms with Crippen molar-refractivity contribution >= 4 is 40.7 Å². The summed E-state index contributed by atoms with van der Waals surface area (Å²) in [6, 6.07) is 1.75. The van der Waals surface area contributed by atoms with Crippen LogP contribution in [0.4, 0.5) is 0 Å². The number of carbonyl (C=O) groups is 1. The highest BCUT2D eigenvalue weighted by Gasteiger charge is 2.19. The zero-order chi connectivity index (χ0) is 15.6. The first-order valence-corrected chi connectivity index (χ1v) is 8.41. The number of nitrogens with zero attached hydrogens (tertiary/aromatic N) is 2. The zero-order valence-electron chi connectivity index (χ0n) is 12.2. The molecule has 2 aromatic rings. The minimum Gasteiger partial charge on any atom is -0.465 e. The van der Waals surface area contributed by atoms with Gasteiger partial charge in [-0.15, -0.1) is 16.4 Å². The molecule has 0 saturated heterocycles. The molecule has 0 aliphatic rings. The molecule has 5 nitrogen and oxygen atoms in total. The normalized spacial score (nSPS) is 11.7. The maximum atomic E-state index is 11.5. The van der Waals surface area contributed by atoms with Gasteiger partial charge in [0, 0.05) is 11.2 Å². The van der Waals surface area contributed by atoms with Crippen LogP contribution in [0.15, 0.2) is 11.2 Å². The summed E-state index contributed by atoms with van der Waals surface area (Å²) in [5.41, 5.74) is 0.818. The Hall–Kier alpha value is -1.05. The first-order chi connectivity index (χ1) is 9.81. The third kappa shape index (κ3) is 3.99. The first kappa shape index (κ1) is 16.3. The monoisotopic (exact) mass is 345 g/mol. The van der Waals surface area contributed by atoms with Gasteiger partial charge in [-0.25, -0.2) is 9.78 Å².